The van der Waals surface area contributed by atoms with Crippen molar-refractivity contribution < 1.29 is 24.2 Å². The Labute approximate surface area is 156 Å². The molecule has 0 radical (unpaired) electrons. The summed E-state index contributed by atoms with van der Waals surface area (Å²) >= 11 is 0. The van der Waals surface area contributed by atoms with Crippen LogP contribution in [0.2, 0.25) is 5.54 Å². The van der Waals surface area contributed by atoms with E-state index >= 15 is 0 Å². The van der Waals surface area contributed by atoms with E-state index in [0.29, 0.717) is 0 Å². The van der Waals surface area contributed by atoms with Crippen LogP contribution in [0, 0.1) is 0 Å². The molecule has 1 saturated heterocycles. The predicted octanol–water partition coefficient (Wildman–Crippen LogP) is -0.639. The number of nitrogens with zero attached hydrogens (tertiary/aromatic N) is 3. The maximum absolute atomic E-state index is 11.6. The molecule has 1 heterocycles. The van der Waals surface area contributed by atoms with Gasteiger partial charge in [0.15, 0.2) is 6.29 Å². The first-order valence-corrected chi connectivity index (χ1v) is 9.71. The molecule has 0 spiro atoms. The molecular formula is C15H29N5O5Si. The molecule has 26 heavy (non-hydrogen) atoms. The molecular weight excluding hydrogens is 358 g/mol. The highest BCUT2D eigenvalue weighted by molar-refractivity contribution is 6.12. The maximum Gasteiger partial charge on any atom is 0.217 e. The maximum atomic E-state index is 11.6. The van der Waals surface area contributed by atoms with Gasteiger partial charge in [0, 0.05) is 29.0 Å². The average Bonchev–Trinajstić information content (AvgIpc) is 2.51. The van der Waals surface area contributed by atoms with E-state index in [9.17, 15) is 14.7 Å². The van der Waals surface area contributed by atoms with Crippen molar-refractivity contribution in [1.82, 2.24) is 10.6 Å². The summed E-state index contributed by atoms with van der Waals surface area (Å²) in [7, 11) is 0.880. The molecule has 1 fully saturated rings. The molecule has 0 aromatic heterocycles. The van der Waals surface area contributed by atoms with Gasteiger partial charge in [-0.25, -0.2) is 0 Å². The quantitative estimate of drug-likeness (QED) is 0.230. The van der Waals surface area contributed by atoms with Crippen LogP contribution in [0.1, 0.15) is 34.6 Å². The number of ether oxygens (including phenoxy) is 2. The molecule has 2 unspecified atom stereocenters. The Bertz CT molecular complexity index is 567. The normalized spacial score (nSPS) is 30.2. The smallest absolute Gasteiger partial charge is 0.217 e. The molecule has 1 rings (SSSR count). The van der Waals surface area contributed by atoms with Gasteiger partial charge in [-0.05, 0) is 24.9 Å². The van der Waals surface area contributed by atoms with Crippen molar-refractivity contribution in [2.75, 3.05) is 6.54 Å². The van der Waals surface area contributed by atoms with Gasteiger partial charge in [0.2, 0.25) is 11.8 Å². The average molecular weight is 388 g/mol. The van der Waals surface area contributed by atoms with Gasteiger partial charge < -0.3 is 25.2 Å². The zero-order valence-corrected chi connectivity index (χ0v) is 18.1. The Morgan fingerprint density at radius 2 is 1.88 bits per heavy atom. The molecule has 148 valence electrons. The third-order valence-electron chi connectivity index (χ3n) is 4.61. The van der Waals surface area contributed by atoms with Crippen LogP contribution >= 0.6 is 0 Å². The lowest BCUT2D eigenvalue weighted by molar-refractivity contribution is -0.271. The van der Waals surface area contributed by atoms with Crippen LogP contribution in [0.4, 0.5) is 0 Å². The van der Waals surface area contributed by atoms with Gasteiger partial charge in [0.1, 0.15) is 12.1 Å². The van der Waals surface area contributed by atoms with Crippen molar-refractivity contribution in [2.45, 2.75) is 76.3 Å². The molecule has 0 aromatic rings. The molecule has 0 bridgehead atoms. The first-order chi connectivity index (χ1) is 12.0. The summed E-state index contributed by atoms with van der Waals surface area (Å²) in [6, 6.07) is -1.74. The van der Waals surface area contributed by atoms with E-state index in [0.717, 1.165) is 10.2 Å². The van der Waals surface area contributed by atoms with Gasteiger partial charge in [-0.1, -0.05) is 12.0 Å². The molecule has 2 amide bonds. The standard InChI is InChI=1S/C15H29N5O5Si/c1-7(26)15(4,5)25-14-12(19-9(3)22)13(23)11(18-8(2)21)10(24-14)6-17-20-16/h7,10-14,23H,6H2,1-5,26H3,(H,18,21)(H,19,22)/t7?,10-,11-,12+,13+,14?/m1/s1. The van der Waals surface area contributed by atoms with Crippen molar-refractivity contribution in [2.24, 2.45) is 5.11 Å². The number of nitrogens with one attached hydrogen (secondary N) is 2. The zero-order valence-electron chi connectivity index (χ0n) is 16.1. The van der Waals surface area contributed by atoms with Crippen LogP contribution in [-0.2, 0) is 19.1 Å². The second-order valence-corrected chi connectivity index (χ2v) is 9.01. The molecule has 0 aliphatic carbocycles. The highest BCUT2D eigenvalue weighted by atomic mass is 28.1. The van der Waals surface area contributed by atoms with E-state index in [1.165, 1.54) is 13.8 Å². The van der Waals surface area contributed by atoms with Gasteiger partial charge in [0.25, 0.3) is 0 Å². The van der Waals surface area contributed by atoms with Crippen LogP contribution in [0.25, 0.3) is 10.4 Å². The molecule has 6 atom stereocenters. The molecule has 11 heteroatoms. The highest BCUT2D eigenvalue weighted by Crippen LogP contribution is 2.31. The van der Waals surface area contributed by atoms with Crippen LogP contribution in [0.15, 0.2) is 5.11 Å². The van der Waals surface area contributed by atoms with Crippen LogP contribution < -0.4 is 10.6 Å². The van der Waals surface area contributed by atoms with E-state index in [4.69, 9.17) is 15.0 Å². The van der Waals surface area contributed by atoms with Crippen molar-refractivity contribution in [3.63, 3.8) is 0 Å². The largest absolute Gasteiger partial charge is 0.389 e. The molecule has 1 aliphatic heterocycles. The number of carbonyl (C=O) groups excluding carboxylic acids is 2. The fourth-order valence-electron chi connectivity index (χ4n) is 2.56. The number of hydrogen-bond donors (Lipinski definition) is 3. The first kappa shape index (κ1) is 22.4. The van der Waals surface area contributed by atoms with Crippen molar-refractivity contribution >= 4 is 22.1 Å². The van der Waals surface area contributed by atoms with Gasteiger partial charge in [-0.3, -0.25) is 9.59 Å². The SMILES string of the molecule is CC(=O)N[C@H]1[C@H](O)[C@H](NC(C)=O)C(OC(C)(C)C(C)[SiH3])O[C@@H]1CN=[N+]=[N-]. The van der Waals surface area contributed by atoms with Crippen LogP contribution in [-0.4, -0.2) is 69.9 Å². The molecule has 0 saturated carbocycles. The lowest BCUT2D eigenvalue weighted by Crippen LogP contribution is -2.69. The summed E-state index contributed by atoms with van der Waals surface area (Å²) in [6.45, 7) is 8.39. The summed E-state index contributed by atoms with van der Waals surface area (Å²) in [5.41, 5.74) is 8.32. The Kier molecular flexibility index (Phi) is 8.04. The van der Waals surface area contributed by atoms with Crippen molar-refractivity contribution in [3.8, 4) is 0 Å². The van der Waals surface area contributed by atoms with Gasteiger partial charge in [-0.15, -0.1) is 0 Å². The number of aliphatic hydroxyl groups is 1. The van der Waals surface area contributed by atoms with E-state index in [2.05, 4.69) is 20.7 Å². The first-order valence-electron chi connectivity index (χ1n) is 8.56. The minimum Gasteiger partial charge on any atom is -0.389 e. The lowest BCUT2D eigenvalue weighted by Gasteiger charge is -2.47. The summed E-state index contributed by atoms with van der Waals surface area (Å²) in [6.07, 6.45) is -2.93. The number of amides is 2. The fraction of sp³-hybridized carbons (Fsp3) is 0.867. The Morgan fingerprint density at radius 1 is 1.35 bits per heavy atom. The lowest BCUT2D eigenvalue weighted by atomic mass is 9.93. The van der Waals surface area contributed by atoms with Crippen molar-refractivity contribution in [3.05, 3.63) is 10.4 Å². The summed E-state index contributed by atoms with van der Waals surface area (Å²) in [4.78, 5) is 25.8. The Balaban J connectivity index is 3.17. The number of rotatable bonds is 7. The second-order valence-electron chi connectivity index (χ2n) is 7.28. The Morgan fingerprint density at radius 3 is 2.35 bits per heavy atom. The van der Waals surface area contributed by atoms with Gasteiger partial charge in [-0.2, -0.15) is 0 Å². The van der Waals surface area contributed by atoms with Gasteiger partial charge in [0.05, 0.1) is 24.3 Å². The number of hydrogen-bond acceptors (Lipinski definition) is 6. The Hall–Kier alpha value is -1.65. The zero-order chi connectivity index (χ0) is 20.1. The summed E-state index contributed by atoms with van der Waals surface area (Å²) < 4.78 is 12.0. The number of carbonyl (C=O) groups is 2. The third kappa shape index (κ3) is 5.96. The summed E-state index contributed by atoms with van der Waals surface area (Å²) in [5.74, 6) is -0.740. The van der Waals surface area contributed by atoms with E-state index in [-0.39, 0.29) is 23.9 Å². The van der Waals surface area contributed by atoms with E-state index in [1.807, 2.05) is 20.8 Å². The van der Waals surface area contributed by atoms with Gasteiger partial charge >= 0.3 is 0 Å². The highest BCUT2D eigenvalue weighted by Gasteiger charge is 2.48. The molecule has 10 nitrogen and oxygen atoms in total. The molecule has 1 aliphatic rings. The summed E-state index contributed by atoms with van der Waals surface area (Å²) in [5, 5.41) is 19.5. The minimum atomic E-state index is -1.18. The fourth-order valence-corrected chi connectivity index (χ4v) is 2.69. The second kappa shape index (κ2) is 9.33. The topological polar surface area (TPSA) is 146 Å². The number of aliphatic hydroxyl groups excluding tert-OH is 1. The molecule has 0 aromatic carbocycles. The molecule has 3 N–H and O–H groups in total. The van der Waals surface area contributed by atoms with Crippen LogP contribution in [0.5, 0.6) is 0 Å². The van der Waals surface area contributed by atoms with Crippen molar-refractivity contribution in [1.29, 1.82) is 0 Å². The minimum absolute atomic E-state index is 0.0952. The van der Waals surface area contributed by atoms with Crippen LogP contribution in [0.3, 0.4) is 0 Å². The van der Waals surface area contributed by atoms with E-state index in [1.54, 1.807) is 0 Å². The van der Waals surface area contributed by atoms with E-state index < -0.39 is 36.2 Å². The predicted molar refractivity (Wildman–Crippen MR) is 98.4 cm³/mol. The third-order valence-corrected chi connectivity index (χ3v) is 6.00. The number of azide groups is 1. The monoisotopic (exact) mass is 387 g/mol.